The van der Waals surface area contributed by atoms with Crippen LogP contribution in [-0.2, 0) is 11.2 Å². The maximum Gasteiger partial charge on any atom is 0.136 e. The van der Waals surface area contributed by atoms with Gasteiger partial charge < -0.3 is 15.2 Å². The molecule has 76 valence electrons. The number of carbonyl (C=O) groups excluding carboxylic acids is 1. The van der Waals surface area contributed by atoms with E-state index < -0.39 is 0 Å². The van der Waals surface area contributed by atoms with Gasteiger partial charge in [-0.2, -0.15) is 0 Å². The molecule has 0 amide bonds. The number of hydrogen-bond donors (Lipinski definition) is 2. The highest BCUT2D eigenvalue weighted by atomic mass is 16.3. The minimum Gasteiger partial charge on any atom is -0.508 e. The summed E-state index contributed by atoms with van der Waals surface area (Å²) in [6, 6.07) is 6.97. The molecule has 0 aliphatic rings. The topological polar surface area (TPSA) is 49.3 Å². The zero-order valence-electron chi connectivity index (χ0n) is 8.23. The lowest BCUT2D eigenvalue weighted by molar-refractivity contribution is -0.109. The largest absolute Gasteiger partial charge is 0.508 e. The van der Waals surface area contributed by atoms with Crippen molar-refractivity contribution in [3.8, 4) is 5.75 Å². The fraction of sp³-hybridized carbons (Fsp3) is 0.364. The molecule has 0 bridgehead atoms. The second-order valence-electron chi connectivity index (χ2n) is 3.24. The Morgan fingerprint density at radius 1 is 1.43 bits per heavy atom. The van der Waals surface area contributed by atoms with Gasteiger partial charge in [-0.3, -0.25) is 0 Å². The Balaban J connectivity index is 2.45. The van der Waals surface area contributed by atoms with Crippen LogP contribution in [0.15, 0.2) is 24.3 Å². The summed E-state index contributed by atoms with van der Waals surface area (Å²) in [4.78, 5) is 10.5. The van der Waals surface area contributed by atoms with Crippen LogP contribution in [0.2, 0.25) is 0 Å². The predicted octanol–water partition coefficient (Wildman–Crippen LogP) is 1.11. The van der Waals surface area contributed by atoms with Crippen molar-refractivity contribution in [1.82, 2.24) is 5.32 Å². The van der Waals surface area contributed by atoms with E-state index in [1.54, 1.807) is 19.2 Å². The maximum atomic E-state index is 10.5. The molecule has 0 radical (unpaired) electrons. The number of benzene rings is 1. The van der Waals surface area contributed by atoms with Crippen LogP contribution in [0.5, 0.6) is 5.75 Å². The molecule has 0 aliphatic heterocycles. The van der Waals surface area contributed by atoms with Gasteiger partial charge in [0.15, 0.2) is 0 Å². The van der Waals surface area contributed by atoms with Crippen LogP contribution in [0.1, 0.15) is 12.0 Å². The van der Waals surface area contributed by atoms with E-state index in [0.29, 0.717) is 0 Å². The Morgan fingerprint density at radius 2 is 2.07 bits per heavy atom. The minimum atomic E-state index is -0.0798. The smallest absolute Gasteiger partial charge is 0.136 e. The summed E-state index contributed by atoms with van der Waals surface area (Å²) >= 11 is 0. The zero-order valence-corrected chi connectivity index (χ0v) is 8.23. The first-order chi connectivity index (χ1) is 6.76. The standard InChI is InChI=1S/C11H15NO2/c1-12-10(8-13)5-2-9-3-6-11(14)7-4-9/h3-4,6-8,10,12,14H,2,5H2,1H3. The Bertz CT molecular complexity index is 282. The summed E-state index contributed by atoms with van der Waals surface area (Å²) in [7, 11) is 1.77. The summed E-state index contributed by atoms with van der Waals surface area (Å²) in [5.74, 6) is 0.273. The first-order valence-corrected chi connectivity index (χ1v) is 4.66. The summed E-state index contributed by atoms with van der Waals surface area (Å²) < 4.78 is 0. The van der Waals surface area contributed by atoms with Crippen molar-refractivity contribution in [3.63, 3.8) is 0 Å². The normalized spacial score (nSPS) is 12.4. The molecule has 14 heavy (non-hydrogen) atoms. The summed E-state index contributed by atoms with van der Waals surface area (Å²) in [6.07, 6.45) is 2.54. The van der Waals surface area contributed by atoms with Gasteiger partial charge in [0.1, 0.15) is 12.0 Å². The van der Waals surface area contributed by atoms with E-state index in [4.69, 9.17) is 5.11 Å². The monoisotopic (exact) mass is 193 g/mol. The van der Waals surface area contributed by atoms with Crippen molar-refractivity contribution >= 4 is 6.29 Å². The van der Waals surface area contributed by atoms with Crippen LogP contribution in [0.3, 0.4) is 0 Å². The fourth-order valence-electron chi connectivity index (χ4n) is 1.27. The summed E-state index contributed by atoms with van der Waals surface area (Å²) in [6.45, 7) is 0. The van der Waals surface area contributed by atoms with E-state index in [9.17, 15) is 4.79 Å². The number of nitrogens with one attached hydrogen (secondary N) is 1. The lowest BCUT2D eigenvalue weighted by atomic mass is 10.1. The van der Waals surface area contributed by atoms with Gasteiger partial charge in [0.05, 0.1) is 6.04 Å². The highest BCUT2D eigenvalue weighted by molar-refractivity contribution is 5.57. The Morgan fingerprint density at radius 3 is 2.57 bits per heavy atom. The van der Waals surface area contributed by atoms with Gasteiger partial charge in [-0.25, -0.2) is 0 Å². The first-order valence-electron chi connectivity index (χ1n) is 4.66. The van der Waals surface area contributed by atoms with Crippen LogP contribution in [0.4, 0.5) is 0 Å². The third-order valence-corrected chi connectivity index (χ3v) is 2.22. The molecule has 1 aromatic rings. The van der Waals surface area contributed by atoms with E-state index in [1.807, 2.05) is 12.1 Å². The lowest BCUT2D eigenvalue weighted by Gasteiger charge is -2.08. The number of rotatable bonds is 5. The molecule has 2 N–H and O–H groups in total. The molecule has 0 aliphatic carbocycles. The number of aryl methyl sites for hydroxylation is 1. The fourth-order valence-corrected chi connectivity index (χ4v) is 1.27. The number of carbonyl (C=O) groups is 1. The first kappa shape index (κ1) is 10.7. The molecule has 0 saturated carbocycles. The molecule has 3 heteroatoms. The van der Waals surface area contributed by atoms with Gasteiger partial charge in [0.25, 0.3) is 0 Å². The molecule has 0 aromatic heterocycles. The van der Waals surface area contributed by atoms with E-state index in [2.05, 4.69) is 5.32 Å². The average molecular weight is 193 g/mol. The van der Waals surface area contributed by atoms with Gasteiger partial charge in [-0.15, -0.1) is 0 Å². The Kier molecular flexibility index (Phi) is 4.13. The molecule has 3 nitrogen and oxygen atoms in total. The number of hydrogen-bond acceptors (Lipinski definition) is 3. The number of phenols is 1. The van der Waals surface area contributed by atoms with E-state index >= 15 is 0 Å². The minimum absolute atomic E-state index is 0.0798. The molecule has 1 rings (SSSR count). The lowest BCUT2D eigenvalue weighted by Crippen LogP contribution is -2.26. The number of aromatic hydroxyl groups is 1. The molecule has 0 spiro atoms. The van der Waals surface area contributed by atoms with Crippen molar-refractivity contribution in [2.45, 2.75) is 18.9 Å². The van der Waals surface area contributed by atoms with Crippen molar-refractivity contribution < 1.29 is 9.90 Å². The van der Waals surface area contributed by atoms with Crippen LogP contribution >= 0.6 is 0 Å². The third kappa shape index (κ3) is 3.18. The number of aldehydes is 1. The summed E-state index contributed by atoms with van der Waals surface area (Å²) in [5.41, 5.74) is 1.13. The van der Waals surface area contributed by atoms with Crippen molar-refractivity contribution in [2.75, 3.05) is 7.05 Å². The summed E-state index contributed by atoms with van der Waals surface area (Å²) in [5, 5.41) is 12.0. The molecule has 0 fully saturated rings. The molecular weight excluding hydrogens is 178 g/mol. The molecule has 0 saturated heterocycles. The van der Waals surface area contributed by atoms with E-state index in [0.717, 1.165) is 24.7 Å². The highest BCUT2D eigenvalue weighted by Crippen LogP contribution is 2.11. The second kappa shape index (κ2) is 5.40. The van der Waals surface area contributed by atoms with E-state index in [-0.39, 0.29) is 11.8 Å². The molecule has 1 unspecified atom stereocenters. The zero-order chi connectivity index (χ0) is 10.4. The number of phenolic OH excluding ortho intramolecular Hbond substituents is 1. The van der Waals surface area contributed by atoms with Gasteiger partial charge in [-0.05, 0) is 37.6 Å². The maximum absolute atomic E-state index is 10.5. The van der Waals surface area contributed by atoms with Gasteiger partial charge >= 0.3 is 0 Å². The molecule has 0 heterocycles. The van der Waals surface area contributed by atoms with Gasteiger partial charge in [0.2, 0.25) is 0 Å². The molecular formula is C11H15NO2. The van der Waals surface area contributed by atoms with Crippen LogP contribution in [0, 0.1) is 0 Å². The van der Waals surface area contributed by atoms with Gasteiger partial charge in [0, 0.05) is 0 Å². The highest BCUT2D eigenvalue weighted by Gasteiger charge is 2.03. The molecule has 1 atom stereocenters. The van der Waals surface area contributed by atoms with E-state index in [1.165, 1.54) is 0 Å². The second-order valence-corrected chi connectivity index (χ2v) is 3.24. The molecule has 1 aromatic carbocycles. The van der Waals surface area contributed by atoms with Crippen molar-refractivity contribution in [2.24, 2.45) is 0 Å². The predicted molar refractivity (Wildman–Crippen MR) is 55.3 cm³/mol. The third-order valence-electron chi connectivity index (χ3n) is 2.22. The Hall–Kier alpha value is -1.35. The van der Waals surface area contributed by atoms with Crippen LogP contribution in [-0.4, -0.2) is 24.5 Å². The quantitative estimate of drug-likeness (QED) is 0.689. The van der Waals surface area contributed by atoms with Crippen molar-refractivity contribution in [3.05, 3.63) is 29.8 Å². The SMILES string of the molecule is CNC(C=O)CCc1ccc(O)cc1. The van der Waals surface area contributed by atoms with Gasteiger partial charge in [-0.1, -0.05) is 12.1 Å². The Labute approximate surface area is 83.8 Å². The average Bonchev–Trinajstić information content (AvgIpc) is 2.22. The number of likely N-dealkylation sites (N-methyl/N-ethyl adjacent to an activating group) is 1. The van der Waals surface area contributed by atoms with Crippen molar-refractivity contribution in [1.29, 1.82) is 0 Å². The van der Waals surface area contributed by atoms with Crippen LogP contribution in [0.25, 0.3) is 0 Å². The van der Waals surface area contributed by atoms with Crippen LogP contribution < -0.4 is 5.32 Å².